The van der Waals surface area contributed by atoms with Crippen molar-refractivity contribution in [3.05, 3.63) is 78.8 Å². The first-order valence-corrected chi connectivity index (χ1v) is 10.1. The number of thiophene rings is 1. The van der Waals surface area contributed by atoms with E-state index < -0.39 is 6.04 Å². The molecule has 0 N–H and O–H groups in total. The number of anilines is 1. The van der Waals surface area contributed by atoms with Crippen LogP contribution in [0.2, 0.25) is 0 Å². The third-order valence-corrected chi connectivity index (χ3v) is 6.81. The first-order valence-electron chi connectivity index (χ1n) is 8.43. The van der Waals surface area contributed by atoms with Crippen molar-refractivity contribution in [3.8, 4) is 0 Å². The number of hydrogen-bond acceptors (Lipinski definition) is 6. The van der Waals surface area contributed by atoms with Crippen LogP contribution in [0.25, 0.3) is 11.0 Å². The maximum atomic E-state index is 13.3. The quantitative estimate of drug-likeness (QED) is 0.495. The number of carbonyl (C=O) groups excluding carboxylic acids is 1. The monoisotopic (exact) mass is 394 g/mol. The molecule has 5 nitrogen and oxygen atoms in total. The molecule has 1 aliphatic heterocycles. The van der Waals surface area contributed by atoms with Gasteiger partial charge < -0.3 is 4.42 Å². The molecule has 0 saturated carbocycles. The number of nitrogens with zero attached hydrogens (tertiary/aromatic N) is 2. The van der Waals surface area contributed by atoms with Crippen LogP contribution >= 0.6 is 22.7 Å². The number of para-hydroxylation sites is 1. The van der Waals surface area contributed by atoms with Gasteiger partial charge in [0.2, 0.25) is 5.76 Å². The lowest BCUT2D eigenvalue weighted by Crippen LogP contribution is -2.28. The summed E-state index contributed by atoms with van der Waals surface area (Å²) in [7, 11) is 0. The second-order valence-electron chi connectivity index (χ2n) is 6.40. The number of amides is 1. The zero-order valence-corrected chi connectivity index (χ0v) is 16.2. The molecule has 0 spiro atoms. The van der Waals surface area contributed by atoms with Crippen LogP contribution in [0.5, 0.6) is 0 Å². The highest BCUT2D eigenvalue weighted by Gasteiger charge is 2.45. The van der Waals surface area contributed by atoms with E-state index >= 15 is 0 Å². The van der Waals surface area contributed by atoms with Gasteiger partial charge >= 0.3 is 0 Å². The molecule has 134 valence electrons. The van der Waals surface area contributed by atoms with Gasteiger partial charge in [-0.15, -0.1) is 22.7 Å². The zero-order valence-electron chi connectivity index (χ0n) is 14.6. The molecule has 4 heterocycles. The molecule has 0 fully saturated rings. The van der Waals surface area contributed by atoms with Crippen molar-refractivity contribution in [1.82, 2.24) is 4.98 Å². The number of rotatable bonds is 2. The summed E-state index contributed by atoms with van der Waals surface area (Å²) < 4.78 is 5.90. The molecule has 3 aromatic heterocycles. The summed E-state index contributed by atoms with van der Waals surface area (Å²) in [5, 5.41) is 3.01. The summed E-state index contributed by atoms with van der Waals surface area (Å²) in [6.07, 6.45) is 0. The molecule has 0 aliphatic carbocycles. The van der Waals surface area contributed by atoms with Crippen LogP contribution in [0.1, 0.15) is 37.6 Å². The van der Waals surface area contributed by atoms with Crippen LogP contribution in [-0.4, -0.2) is 10.9 Å². The Balaban J connectivity index is 1.83. The van der Waals surface area contributed by atoms with Gasteiger partial charge in [0.15, 0.2) is 10.6 Å². The Kier molecular flexibility index (Phi) is 3.57. The summed E-state index contributed by atoms with van der Waals surface area (Å²) in [4.78, 5) is 34.7. The molecule has 1 aliphatic rings. The van der Waals surface area contributed by atoms with Crippen LogP contribution in [0.4, 0.5) is 5.13 Å². The molecule has 0 saturated heterocycles. The van der Waals surface area contributed by atoms with Crippen LogP contribution in [0.15, 0.2) is 51.0 Å². The molecule has 0 radical (unpaired) electrons. The predicted molar refractivity (Wildman–Crippen MR) is 107 cm³/mol. The first-order chi connectivity index (χ1) is 13.1. The lowest BCUT2D eigenvalue weighted by atomic mass is 10.0. The third kappa shape index (κ3) is 2.32. The maximum Gasteiger partial charge on any atom is 0.297 e. The molecule has 0 bridgehead atoms. The number of fused-ring (bicyclic) bond motifs is 2. The van der Waals surface area contributed by atoms with E-state index in [1.807, 2.05) is 31.4 Å². The van der Waals surface area contributed by atoms with E-state index in [0.29, 0.717) is 21.7 Å². The van der Waals surface area contributed by atoms with Crippen molar-refractivity contribution in [2.75, 3.05) is 4.90 Å². The second-order valence-corrected chi connectivity index (χ2v) is 8.56. The molecule has 4 aromatic rings. The van der Waals surface area contributed by atoms with Gasteiger partial charge in [0.05, 0.1) is 16.6 Å². The SMILES string of the molecule is Cc1nc(N2C(=O)c3oc4ccccc4c(=O)c3[C@@H]2c2cccs2)sc1C. The number of hydrogen-bond donors (Lipinski definition) is 0. The van der Waals surface area contributed by atoms with E-state index in [1.54, 1.807) is 29.2 Å². The number of aryl methyl sites for hydroxylation is 2. The summed E-state index contributed by atoms with van der Waals surface area (Å²) in [5.74, 6) is -0.206. The highest BCUT2D eigenvalue weighted by molar-refractivity contribution is 7.16. The summed E-state index contributed by atoms with van der Waals surface area (Å²) in [5.41, 5.74) is 1.54. The van der Waals surface area contributed by atoms with Crippen molar-refractivity contribution in [2.24, 2.45) is 0 Å². The zero-order chi connectivity index (χ0) is 18.7. The van der Waals surface area contributed by atoms with Crippen molar-refractivity contribution in [3.63, 3.8) is 0 Å². The van der Waals surface area contributed by atoms with Crippen LogP contribution in [0.3, 0.4) is 0 Å². The average Bonchev–Trinajstić information content (AvgIpc) is 3.36. The van der Waals surface area contributed by atoms with Gasteiger partial charge in [0, 0.05) is 9.75 Å². The Morgan fingerprint density at radius 1 is 1.11 bits per heavy atom. The Labute approximate surface area is 162 Å². The molecule has 1 amide bonds. The Morgan fingerprint density at radius 3 is 2.63 bits per heavy atom. The van der Waals surface area contributed by atoms with Crippen LogP contribution in [0, 0.1) is 13.8 Å². The Morgan fingerprint density at radius 2 is 1.93 bits per heavy atom. The number of aromatic nitrogens is 1. The number of benzene rings is 1. The van der Waals surface area contributed by atoms with Crippen LogP contribution in [-0.2, 0) is 0 Å². The Bertz CT molecular complexity index is 1230. The fourth-order valence-electron chi connectivity index (χ4n) is 3.39. The van der Waals surface area contributed by atoms with Gasteiger partial charge in [-0.3, -0.25) is 14.5 Å². The lowest BCUT2D eigenvalue weighted by molar-refractivity contribution is 0.0971. The molecule has 1 atom stereocenters. The Hall–Kier alpha value is -2.77. The van der Waals surface area contributed by atoms with Crippen LogP contribution < -0.4 is 10.3 Å². The van der Waals surface area contributed by atoms with E-state index in [1.165, 1.54) is 22.7 Å². The number of carbonyl (C=O) groups is 1. The predicted octanol–water partition coefficient (Wildman–Crippen LogP) is 4.68. The molecular formula is C20H14N2O3S2. The molecule has 27 heavy (non-hydrogen) atoms. The van der Waals surface area contributed by atoms with Crippen molar-refractivity contribution >= 4 is 44.7 Å². The fraction of sp³-hybridized carbons (Fsp3) is 0.150. The average molecular weight is 394 g/mol. The molecule has 0 unspecified atom stereocenters. The van der Waals surface area contributed by atoms with Crippen molar-refractivity contribution in [2.45, 2.75) is 19.9 Å². The standard InChI is InChI=1S/C20H14N2O3S2/c1-10-11(2)27-20(21-10)22-16(14-8-5-9-26-14)15-17(23)12-6-3-4-7-13(12)25-18(15)19(22)24/h3-9,16H,1-2H3/t16-/m0/s1. The minimum atomic E-state index is -0.515. The van der Waals surface area contributed by atoms with Gasteiger partial charge in [0.1, 0.15) is 11.6 Å². The van der Waals surface area contributed by atoms with Crippen molar-refractivity contribution < 1.29 is 9.21 Å². The van der Waals surface area contributed by atoms with Gasteiger partial charge in [-0.25, -0.2) is 4.98 Å². The maximum absolute atomic E-state index is 13.3. The normalized spacial score (nSPS) is 16.3. The van der Waals surface area contributed by atoms with Gasteiger partial charge in [-0.1, -0.05) is 18.2 Å². The summed E-state index contributed by atoms with van der Waals surface area (Å²) in [6.45, 7) is 3.89. The molecular weight excluding hydrogens is 380 g/mol. The van der Waals surface area contributed by atoms with E-state index in [0.717, 1.165) is 15.4 Å². The highest BCUT2D eigenvalue weighted by Crippen LogP contribution is 2.44. The minimum Gasteiger partial charge on any atom is -0.450 e. The van der Waals surface area contributed by atoms with E-state index in [2.05, 4.69) is 4.98 Å². The molecule has 7 heteroatoms. The first kappa shape index (κ1) is 16.4. The summed E-state index contributed by atoms with van der Waals surface area (Å²) >= 11 is 2.96. The van der Waals surface area contributed by atoms with Crippen molar-refractivity contribution in [1.29, 1.82) is 0 Å². The topological polar surface area (TPSA) is 63.4 Å². The van der Waals surface area contributed by atoms with E-state index in [4.69, 9.17) is 4.42 Å². The smallest absolute Gasteiger partial charge is 0.297 e. The van der Waals surface area contributed by atoms with Gasteiger partial charge in [-0.05, 0) is 37.4 Å². The lowest BCUT2D eigenvalue weighted by Gasteiger charge is -2.20. The molecule has 5 rings (SSSR count). The minimum absolute atomic E-state index is 0.114. The van der Waals surface area contributed by atoms with Gasteiger partial charge in [-0.2, -0.15) is 0 Å². The fourth-order valence-corrected chi connectivity index (χ4v) is 5.15. The highest BCUT2D eigenvalue weighted by atomic mass is 32.1. The largest absolute Gasteiger partial charge is 0.450 e. The van der Waals surface area contributed by atoms with Gasteiger partial charge in [0.25, 0.3) is 5.91 Å². The van der Waals surface area contributed by atoms with E-state index in [-0.39, 0.29) is 17.1 Å². The third-order valence-electron chi connectivity index (χ3n) is 4.81. The van der Waals surface area contributed by atoms with E-state index in [9.17, 15) is 9.59 Å². The molecule has 1 aromatic carbocycles. The second kappa shape index (κ2) is 5.87. The number of thiazole rings is 1. The summed E-state index contributed by atoms with van der Waals surface area (Å²) in [6, 6.07) is 10.4.